The molecule has 30 heavy (non-hydrogen) atoms. The first kappa shape index (κ1) is 23.5. The summed E-state index contributed by atoms with van der Waals surface area (Å²) in [6.45, 7) is 7.36. The molecule has 0 amide bonds. The van der Waals surface area contributed by atoms with E-state index < -0.39 is 12.3 Å². The first-order valence-corrected chi connectivity index (χ1v) is 12.0. The molecule has 0 radical (unpaired) electrons. The van der Waals surface area contributed by atoms with Crippen LogP contribution < -0.4 is 15.4 Å². The monoisotopic (exact) mass is 481 g/mol. The zero-order valence-electron chi connectivity index (χ0n) is 18.2. The van der Waals surface area contributed by atoms with Crippen LogP contribution in [0.25, 0.3) is 10.9 Å². The van der Waals surface area contributed by atoms with Crippen LogP contribution in [0.1, 0.15) is 46.5 Å². The van der Waals surface area contributed by atoms with Gasteiger partial charge >= 0.3 is 0 Å². The Labute approximate surface area is 187 Å². The fourth-order valence-corrected chi connectivity index (χ4v) is 4.69. The van der Waals surface area contributed by atoms with E-state index >= 15 is 0 Å². The summed E-state index contributed by atoms with van der Waals surface area (Å²) in [7, 11) is 0. The molecule has 1 aliphatic rings. The van der Waals surface area contributed by atoms with Gasteiger partial charge in [0.15, 0.2) is 0 Å². The first-order chi connectivity index (χ1) is 14.2. The number of hydrogen-bond acceptors (Lipinski definition) is 5. The predicted octanol–water partition coefficient (Wildman–Crippen LogP) is 3.53. The van der Waals surface area contributed by atoms with Crippen molar-refractivity contribution in [1.82, 2.24) is 15.6 Å². The molecule has 1 aromatic carbocycles. The maximum absolute atomic E-state index is 10.4. The summed E-state index contributed by atoms with van der Waals surface area (Å²) in [6.07, 6.45) is 5.05. The number of aromatic nitrogens is 1. The molecular formula is C23H36BrN3O3. The van der Waals surface area contributed by atoms with Crippen molar-refractivity contribution in [3.8, 4) is 5.75 Å². The van der Waals surface area contributed by atoms with E-state index in [0.29, 0.717) is 17.8 Å². The van der Waals surface area contributed by atoms with Crippen molar-refractivity contribution >= 4 is 26.8 Å². The number of aliphatic hydroxyl groups is 2. The number of rotatable bonds is 10. The van der Waals surface area contributed by atoms with Crippen LogP contribution in [-0.2, 0) is 0 Å². The summed E-state index contributed by atoms with van der Waals surface area (Å²) < 4.78 is 5.88. The number of nitrogens with one attached hydrogen (secondary N) is 3. The minimum absolute atomic E-state index is 0.0161. The van der Waals surface area contributed by atoms with E-state index in [1.165, 1.54) is 0 Å². The highest BCUT2D eigenvalue weighted by atomic mass is 79.9. The zero-order valence-corrected chi connectivity index (χ0v) is 19.8. The van der Waals surface area contributed by atoms with E-state index in [1.807, 2.05) is 30.5 Å². The minimum atomic E-state index is -0.569. The maximum atomic E-state index is 10.4. The lowest BCUT2D eigenvalue weighted by Crippen LogP contribution is -2.55. The number of benzene rings is 1. The van der Waals surface area contributed by atoms with E-state index in [0.717, 1.165) is 42.3 Å². The Morgan fingerprint density at radius 2 is 2.00 bits per heavy atom. The fraction of sp³-hybridized carbons (Fsp3) is 0.652. The van der Waals surface area contributed by atoms with Crippen LogP contribution in [0, 0.1) is 5.92 Å². The lowest BCUT2D eigenvalue weighted by Gasteiger charge is -2.45. The standard InChI is InChI=1S/C23H36BrN3O3/c1-22(2,27-21(29)13-24)16-7-10-23(3,11-8-16)26-14-17(28)15-30-20-6-4-5-19-18(20)9-12-25-19/h4-6,9,12,16-17,21,25-29H,7-8,10-11,13-15H2,1-3H3. The molecule has 1 aromatic heterocycles. The second kappa shape index (κ2) is 10.0. The fourth-order valence-electron chi connectivity index (χ4n) is 4.53. The average Bonchev–Trinajstić information content (AvgIpc) is 3.20. The second-order valence-electron chi connectivity index (χ2n) is 9.41. The summed E-state index contributed by atoms with van der Waals surface area (Å²) in [6, 6.07) is 7.88. The van der Waals surface area contributed by atoms with Crippen LogP contribution in [0.15, 0.2) is 30.5 Å². The molecule has 1 aliphatic carbocycles. The molecule has 0 aliphatic heterocycles. The molecule has 2 aromatic rings. The molecule has 2 unspecified atom stereocenters. The summed E-state index contributed by atoms with van der Waals surface area (Å²) in [5, 5.41) is 28.9. The Morgan fingerprint density at radius 1 is 1.27 bits per heavy atom. The van der Waals surface area contributed by atoms with Gasteiger partial charge in [-0.15, -0.1) is 0 Å². The van der Waals surface area contributed by atoms with E-state index in [1.54, 1.807) is 0 Å². The number of alkyl halides is 1. The molecule has 6 nitrogen and oxygen atoms in total. The average molecular weight is 482 g/mol. The number of ether oxygens (including phenoxy) is 1. The summed E-state index contributed by atoms with van der Waals surface area (Å²) >= 11 is 3.32. The van der Waals surface area contributed by atoms with Crippen molar-refractivity contribution in [1.29, 1.82) is 0 Å². The van der Waals surface area contributed by atoms with Crippen LogP contribution in [0.2, 0.25) is 0 Å². The number of halogens is 1. The molecule has 0 saturated heterocycles. The molecule has 0 bridgehead atoms. The van der Waals surface area contributed by atoms with Gasteiger partial charge in [-0.3, -0.25) is 5.32 Å². The Morgan fingerprint density at radius 3 is 2.70 bits per heavy atom. The third kappa shape index (κ3) is 5.98. The van der Waals surface area contributed by atoms with Crippen molar-refractivity contribution < 1.29 is 14.9 Å². The normalized spacial score (nSPS) is 24.7. The number of aromatic amines is 1. The van der Waals surface area contributed by atoms with Crippen LogP contribution >= 0.6 is 15.9 Å². The number of H-pyrrole nitrogens is 1. The number of fused-ring (bicyclic) bond motifs is 1. The quantitative estimate of drug-likeness (QED) is 0.264. The molecule has 168 valence electrons. The minimum Gasteiger partial charge on any atom is -0.490 e. The smallest absolute Gasteiger partial charge is 0.128 e. The highest BCUT2D eigenvalue weighted by Gasteiger charge is 2.38. The Kier molecular flexibility index (Phi) is 7.85. The van der Waals surface area contributed by atoms with Gasteiger partial charge in [0.2, 0.25) is 0 Å². The van der Waals surface area contributed by atoms with E-state index in [4.69, 9.17) is 4.74 Å². The van der Waals surface area contributed by atoms with Crippen LogP contribution in [0.3, 0.4) is 0 Å². The predicted molar refractivity (Wildman–Crippen MR) is 125 cm³/mol. The number of aliphatic hydroxyl groups excluding tert-OH is 2. The molecule has 7 heteroatoms. The Hall–Kier alpha value is -1.12. The van der Waals surface area contributed by atoms with Crippen molar-refractivity contribution in [3.63, 3.8) is 0 Å². The van der Waals surface area contributed by atoms with Crippen molar-refractivity contribution in [2.24, 2.45) is 5.92 Å². The Balaban J connectivity index is 1.44. The number of hydrogen-bond donors (Lipinski definition) is 5. The second-order valence-corrected chi connectivity index (χ2v) is 10.1. The molecule has 1 fully saturated rings. The summed E-state index contributed by atoms with van der Waals surface area (Å²) in [5.41, 5.74) is 0.939. The largest absolute Gasteiger partial charge is 0.490 e. The Bertz CT molecular complexity index is 802. The van der Waals surface area contributed by atoms with Gasteiger partial charge < -0.3 is 25.3 Å². The van der Waals surface area contributed by atoms with Gasteiger partial charge in [-0.05, 0) is 70.6 Å². The third-order valence-corrected chi connectivity index (χ3v) is 7.16. The highest BCUT2D eigenvalue weighted by Crippen LogP contribution is 2.37. The van der Waals surface area contributed by atoms with E-state index in [-0.39, 0.29) is 17.7 Å². The highest BCUT2D eigenvalue weighted by molar-refractivity contribution is 9.09. The SMILES string of the molecule is CC1(NCC(O)COc2cccc3[nH]ccc23)CCC(C(C)(C)NC(O)CBr)CC1. The van der Waals surface area contributed by atoms with Gasteiger partial charge in [-0.25, -0.2) is 0 Å². The van der Waals surface area contributed by atoms with Gasteiger partial charge in [-0.1, -0.05) is 22.0 Å². The van der Waals surface area contributed by atoms with Crippen LogP contribution in [-0.4, -0.2) is 57.1 Å². The molecule has 2 atom stereocenters. The van der Waals surface area contributed by atoms with E-state index in [9.17, 15) is 10.2 Å². The van der Waals surface area contributed by atoms with Crippen molar-refractivity contribution in [3.05, 3.63) is 30.5 Å². The molecule has 1 saturated carbocycles. The van der Waals surface area contributed by atoms with Crippen LogP contribution in [0.5, 0.6) is 5.75 Å². The molecular weight excluding hydrogens is 446 g/mol. The lowest BCUT2D eigenvalue weighted by atomic mass is 9.70. The summed E-state index contributed by atoms with van der Waals surface area (Å²) in [4.78, 5) is 3.17. The third-order valence-electron chi connectivity index (χ3n) is 6.55. The first-order valence-electron chi connectivity index (χ1n) is 10.9. The van der Waals surface area contributed by atoms with Gasteiger partial charge in [0.1, 0.15) is 24.7 Å². The maximum Gasteiger partial charge on any atom is 0.128 e. The van der Waals surface area contributed by atoms with Crippen molar-refractivity contribution in [2.45, 2.75) is 69.9 Å². The lowest BCUT2D eigenvalue weighted by molar-refractivity contribution is 0.0614. The van der Waals surface area contributed by atoms with Gasteiger partial charge in [0, 0.05) is 40.1 Å². The van der Waals surface area contributed by atoms with Crippen molar-refractivity contribution in [2.75, 3.05) is 18.5 Å². The molecule has 1 heterocycles. The molecule has 5 N–H and O–H groups in total. The van der Waals surface area contributed by atoms with Gasteiger partial charge in [0.25, 0.3) is 0 Å². The summed E-state index contributed by atoms with van der Waals surface area (Å²) in [5.74, 6) is 1.30. The topological polar surface area (TPSA) is 89.5 Å². The zero-order chi connectivity index (χ0) is 21.8. The molecule has 3 rings (SSSR count). The van der Waals surface area contributed by atoms with Crippen LogP contribution in [0.4, 0.5) is 0 Å². The number of β-amino-alcohol motifs (C(OH)–C–C–N with tert-alkyl or cyclic N) is 1. The van der Waals surface area contributed by atoms with Gasteiger partial charge in [0.05, 0.1) is 0 Å². The van der Waals surface area contributed by atoms with Gasteiger partial charge in [-0.2, -0.15) is 0 Å². The molecule has 0 spiro atoms. The van der Waals surface area contributed by atoms with E-state index in [2.05, 4.69) is 52.3 Å².